The topological polar surface area (TPSA) is 63.5 Å². The summed E-state index contributed by atoms with van der Waals surface area (Å²) in [5.41, 5.74) is 5.42. The number of para-hydroxylation sites is 1. The van der Waals surface area contributed by atoms with E-state index in [1.165, 1.54) is 0 Å². The molecule has 0 fully saturated rings. The van der Waals surface area contributed by atoms with Crippen molar-refractivity contribution < 1.29 is 9.59 Å². The number of hydrazone groups is 1. The maximum atomic E-state index is 12.8. The van der Waals surface area contributed by atoms with Gasteiger partial charge in [-0.3, -0.25) is 9.59 Å². The molecule has 3 aromatic carbocycles. The van der Waals surface area contributed by atoms with Crippen molar-refractivity contribution in [2.45, 2.75) is 0 Å². The van der Waals surface area contributed by atoms with E-state index in [1.54, 1.807) is 18.2 Å². The molecule has 4 aromatic rings. The van der Waals surface area contributed by atoms with Crippen LogP contribution < -0.4 is 5.43 Å². The minimum absolute atomic E-state index is 0.175. The van der Waals surface area contributed by atoms with E-state index in [9.17, 15) is 9.59 Å². The molecule has 1 amide bonds. The van der Waals surface area contributed by atoms with Gasteiger partial charge in [-0.2, -0.15) is 5.10 Å². The lowest BCUT2D eigenvalue weighted by Crippen LogP contribution is -2.23. The molecule has 0 spiro atoms. The van der Waals surface area contributed by atoms with Crippen molar-refractivity contribution in [2.24, 2.45) is 5.10 Å². The van der Waals surface area contributed by atoms with Gasteiger partial charge in [-0.15, -0.1) is 0 Å². The summed E-state index contributed by atoms with van der Waals surface area (Å²) in [4.78, 5) is 25.6. The highest BCUT2D eigenvalue weighted by Gasteiger charge is 2.29. The highest BCUT2D eigenvalue weighted by molar-refractivity contribution is 6.59. The number of benzene rings is 3. The van der Waals surface area contributed by atoms with Crippen molar-refractivity contribution in [1.82, 2.24) is 9.99 Å². The van der Waals surface area contributed by atoms with Gasteiger partial charge in [0.05, 0.1) is 11.3 Å². The molecule has 134 valence electrons. The first-order valence-corrected chi connectivity index (χ1v) is 8.91. The Kier molecular flexibility index (Phi) is 3.66. The summed E-state index contributed by atoms with van der Waals surface area (Å²) in [6.07, 6.45) is 3.74. The quantitative estimate of drug-likeness (QED) is 0.559. The average molecular weight is 365 g/mol. The number of rotatable bonds is 3. The summed E-state index contributed by atoms with van der Waals surface area (Å²) in [5.74, 6) is -0.543. The normalized spacial score (nSPS) is 14.0. The van der Waals surface area contributed by atoms with Crippen LogP contribution in [-0.2, 0) is 0 Å². The second kappa shape index (κ2) is 6.32. The number of aromatic nitrogens is 1. The van der Waals surface area contributed by atoms with Crippen molar-refractivity contribution >= 4 is 28.2 Å². The van der Waals surface area contributed by atoms with Crippen LogP contribution in [0.25, 0.3) is 16.5 Å². The first kappa shape index (κ1) is 16.2. The molecule has 0 bridgehead atoms. The van der Waals surface area contributed by atoms with Gasteiger partial charge in [0.15, 0.2) is 0 Å². The first-order valence-electron chi connectivity index (χ1n) is 8.91. The molecule has 1 heterocycles. The van der Waals surface area contributed by atoms with Crippen LogP contribution in [0.5, 0.6) is 0 Å². The number of nitrogens with zero attached hydrogens (tertiary/aromatic N) is 2. The summed E-state index contributed by atoms with van der Waals surface area (Å²) >= 11 is 0. The molecule has 28 heavy (non-hydrogen) atoms. The number of amides is 1. The summed E-state index contributed by atoms with van der Waals surface area (Å²) in [7, 11) is 0. The molecule has 0 aliphatic heterocycles. The van der Waals surface area contributed by atoms with Crippen LogP contribution in [0.15, 0.2) is 90.3 Å². The van der Waals surface area contributed by atoms with Gasteiger partial charge in [-0.05, 0) is 29.7 Å². The van der Waals surface area contributed by atoms with E-state index in [0.717, 1.165) is 22.0 Å². The lowest BCUT2D eigenvalue weighted by atomic mass is 10.1. The number of ketones is 1. The van der Waals surface area contributed by atoms with Crippen LogP contribution in [0, 0.1) is 0 Å². The Hall–Kier alpha value is -3.99. The smallest absolute Gasteiger partial charge is 0.273 e. The third-order valence-electron chi connectivity index (χ3n) is 4.92. The third kappa shape index (κ3) is 2.45. The SMILES string of the molecule is O=C(NN=C1C(=O)c2cccc3cccc1c23)c1ccccc1-n1cccc1. The average Bonchev–Trinajstić information content (AvgIpc) is 3.36. The zero-order valence-electron chi connectivity index (χ0n) is 14.8. The molecule has 0 unspecified atom stereocenters. The molecule has 1 aliphatic carbocycles. The fourth-order valence-corrected chi connectivity index (χ4v) is 3.64. The number of hydrogen-bond donors (Lipinski definition) is 1. The Bertz CT molecular complexity index is 1270. The summed E-state index contributed by atoms with van der Waals surface area (Å²) < 4.78 is 1.86. The number of carbonyl (C=O) groups excluding carboxylic acids is 2. The Morgan fingerprint density at radius 2 is 1.54 bits per heavy atom. The van der Waals surface area contributed by atoms with E-state index in [2.05, 4.69) is 10.5 Å². The van der Waals surface area contributed by atoms with Gasteiger partial charge in [0.2, 0.25) is 5.78 Å². The second-order valence-corrected chi connectivity index (χ2v) is 6.55. The lowest BCUT2D eigenvalue weighted by molar-refractivity contribution is 0.0955. The van der Waals surface area contributed by atoms with Crippen molar-refractivity contribution in [1.29, 1.82) is 0 Å². The molecular formula is C23H15N3O2. The van der Waals surface area contributed by atoms with E-state index in [-0.39, 0.29) is 17.4 Å². The number of carbonyl (C=O) groups is 2. The van der Waals surface area contributed by atoms with Gasteiger partial charge >= 0.3 is 0 Å². The van der Waals surface area contributed by atoms with Crippen molar-refractivity contribution in [2.75, 3.05) is 0 Å². The van der Waals surface area contributed by atoms with E-state index in [4.69, 9.17) is 0 Å². The first-order chi connectivity index (χ1) is 13.7. The van der Waals surface area contributed by atoms with Gasteiger partial charge in [0.25, 0.3) is 5.91 Å². The predicted octanol–water partition coefficient (Wildman–Crippen LogP) is 3.96. The molecule has 1 aliphatic rings. The van der Waals surface area contributed by atoms with Crippen LogP contribution in [0.4, 0.5) is 0 Å². The van der Waals surface area contributed by atoms with Gasteiger partial charge in [0, 0.05) is 28.9 Å². The molecule has 0 radical (unpaired) electrons. The van der Waals surface area contributed by atoms with Crippen LogP contribution in [-0.4, -0.2) is 22.0 Å². The maximum Gasteiger partial charge on any atom is 0.273 e. The van der Waals surface area contributed by atoms with Crippen molar-refractivity contribution in [3.05, 3.63) is 102 Å². The Balaban J connectivity index is 1.51. The predicted molar refractivity (Wildman–Crippen MR) is 108 cm³/mol. The molecule has 0 saturated carbocycles. The van der Waals surface area contributed by atoms with E-state index < -0.39 is 0 Å². The number of Topliss-reactive ketones (excluding diaryl/α,β-unsaturated/α-hetero) is 1. The molecule has 0 atom stereocenters. The van der Waals surface area contributed by atoms with Crippen molar-refractivity contribution in [3.8, 4) is 5.69 Å². The minimum Gasteiger partial charge on any atom is -0.323 e. The molecule has 5 heteroatoms. The number of nitrogens with one attached hydrogen (secondary N) is 1. The third-order valence-corrected chi connectivity index (χ3v) is 4.92. The van der Waals surface area contributed by atoms with Crippen molar-refractivity contribution in [3.63, 3.8) is 0 Å². The lowest BCUT2D eigenvalue weighted by Gasteiger charge is -2.09. The highest BCUT2D eigenvalue weighted by Crippen LogP contribution is 2.30. The molecular weight excluding hydrogens is 350 g/mol. The Morgan fingerprint density at radius 3 is 2.32 bits per heavy atom. The van der Waals surface area contributed by atoms with Gasteiger partial charge in [0.1, 0.15) is 5.71 Å². The van der Waals surface area contributed by atoms with Gasteiger partial charge in [-0.25, -0.2) is 5.43 Å². The monoisotopic (exact) mass is 365 g/mol. The Labute approximate surface area is 160 Å². The van der Waals surface area contributed by atoms with Crippen LogP contribution >= 0.6 is 0 Å². The fraction of sp³-hybridized carbons (Fsp3) is 0. The Morgan fingerprint density at radius 1 is 0.821 bits per heavy atom. The molecule has 0 saturated heterocycles. The van der Waals surface area contributed by atoms with Crippen LogP contribution in [0.1, 0.15) is 26.3 Å². The molecule has 1 aromatic heterocycles. The zero-order valence-corrected chi connectivity index (χ0v) is 14.8. The minimum atomic E-state index is -0.368. The van der Waals surface area contributed by atoms with Gasteiger partial charge < -0.3 is 4.57 Å². The fourth-order valence-electron chi connectivity index (χ4n) is 3.64. The molecule has 1 N–H and O–H groups in total. The van der Waals surface area contributed by atoms with E-state index in [0.29, 0.717) is 11.1 Å². The molecule has 5 nitrogen and oxygen atoms in total. The standard InChI is InChI=1S/C23H15N3O2/c27-22-18-11-6-8-15-7-5-10-17(20(15)18)21(22)24-25-23(28)16-9-1-2-12-19(16)26-13-3-4-14-26/h1-14H,(H,25,28). The highest BCUT2D eigenvalue weighted by atomic mass is 16.2. The largest absolute Gasteiger partial charge is 0.323 e. The van der Waals surface area contributed by atoms with Crippen LogP contribution in [0.2, 0.25) is 0 Å². The summed E-state index contributed by atoms with van der Waals surface area (Å²) in [5, 5.41) is 6.07. The van der Waals surface area contributed by atoms with Crippen LogP contribution in [0.3, 0.4) is 0 Å². The second-order valence-electron chi connectivity index (χ2n) is 6.55. The maximum absolute atomic E-state index is 12.8. The zero-order chi connectivity index (χ0) is 19.1. The van der Waals surface area contributed by atoms with E-state index >= 15 is 0 Å². The summed E-state index contributed by atoms with van der Waals surface area (Å²) in [6, 6.07) is 22.4. The molecule has 5 rings (SSSR count). The number of hydrogen-bond acceptors (Lipinski definition) is 3. The van der Waals surface area contributed by atoms with Gasteiger partial charge in [-0.1, -0.05) is 48.5 Å². The van der Waals surface area contributed by atoms with E-state index in [1.807, 2.05) is 71.6 Å². The summed E-state index contributed by atoms with van der Waals surface area (Å²) in [6.45, 7) is 0.